The SMILES string of the molecule is C=C1CCCCSC(n2ccc(N)nc2=O)CC1. The molecule has 18 heavy (non-hydrogen) atoms. The van der Waals surface area contributed by atoms with Gasteiger partial charge in [0.25, 0.3) is 0 Å². The average molecular weight is 265 g/mol. The van der Waals surface area contributed by atoms with E-state index >= 15 is 0 Å². The van der Waals surface area contributed by atoms with Crippen LogP contribution in [0.2, 0.25) is 0 Å². The summed E-state index contributed by atoms with van der Waals surface area (Å²) in [6.07, 6.45) is 7.17. The molecule has 0 radical (unpaired) electrons. The first kappa shape index (κ1) is 13.2. The molecule has 1 aliphatic rings. The number of rotatable bonds is 1. The van der Waals surface area contributed by atoms with Gasteiger partial charge in [-0.05, 0) is 43.9 Å². The van der Waals surface area contributed by atoms with Crippen molar-refractivity contribution in [2.24, 2.45) is 0 Å². The van der Waals surface area contributed by atoms with Crippen molar-refractivity contribution in [1.29, 1.82) is 0 Å². The molecule has 0 bridgehead atoms. The zero-order valence-electron chi connectivity index (χ0n) is 10.5. The van der Waals surface area contributed by atoms with Gasteiger partial charge >= 0.3 is 5.69 Å². The molecule has 1 unspecified atom stereocenters. The molecule has 0 spiro atoms. The fraction of sp³-hybridized carbons (Fsp3) is 0.538. The molecule has 1 aromatic rings. The van der Waals surface area contributed by atoms with Gasteiger partial charge < -0.3 is 5.73 Å². The maximum absolute atomic E-state index is 11.8. The second-order valence-corrected chi connectivity index (χ2v) is 5.90. The number of nitrogens with zero attached hydrogens (tertiary/aromatic N) is 2. The Balaban J connectivity index is 2.18. The molecule has 0 amide bonds. The predicted octanol–water partition coefficient (Wildman–Crippen LogP) is 2.58. The number of thioether (sulfide) groups is 1. The highest BCUT2D eigenvalue weighted by molar-refractivity contribution is 7.99. The molecule has 1 fully saturated rings. The largest absolute Gasteiger partial charge is 0.383 e. The fourth-order valence-electron chi connectivity index (χ4n) is 2.10. The van der Waals surface area contributed by atoms with E-state index in [0.717, 1.165) is 25.0 Å². The second-order valence-electron chi connectivity index (χ2n) is 4.61. The Labute approximate surface area is 111 Å². The van der Waals surface area contributed by atoms with Crippen molar-refractivity contribution in [2.45, 2.75) is 37.5 Å². The maximum atomic E-state index is 11.8. The van der Waals surface area contributed by atoms with Crippen LogP contribution in [0.5, 0.6) is 0 Å². The Morgan fingerprint density at radius 3 is 3.06 bits per heavy atom. The van der Waals surface area contributed by atoms with Gasteiger partial charge in [0.1, 0.15) is 5.82 Å². The minimum atomic E-state index is -0.252. The van der Waals surface area contributed by atoms with E-state index in [1.165, 1.54) is 18.4 Å². The fourth-order valence-corrected chi connectivity index (χ4v) is 3.35. The van der Waals surface area contributed by atoms with Gasteiger partial charge in [-0.25, -0.2) is 4.79 Å². The van der Waals surface area contributed by atoms with Crippen LogP contribution < -0.4 is 11.4 Å². The van der Waals surface area contributed by atoms with Crippen LogP contribution in [0.15, 0.2) is 29.2 Å². The molecule has 0 aromatic carbocycles. The van der Waals surface area contributed by atoms with E-state index in [0.29, 0.717) is 0 Å². The van der Waals surface area contributed by atoms with Gasteiger partial charge in [0.15, 0.2) is 0 Å². The highest BCUT2D eigenvalue weighted by atomic mass is 32.2. The van der Waals surface area contributed by atoms with Crippen molar-refractivity contribution >= 4 is 17.6 Å². The third-order valence-electron chi connectivity index (χ3n) is 3.14. The summed E-state index contributed by atoms with van der Waals surface area (Å²) in [4.78, 5) is 15.6. The monoisotopic (exact) mass is 265 g/mol. The summed E-state index contributed by atoms with van der Waals surface area (Å²) in [5, 5.41) is 0.153. The highest BCUT2D eigenvalue weighted by Crippen LogP contribution is 2.31. The van der Waals surface area contributed by atoms with Crippen LogP contribution in [-0.4, -0.2) is 15.3 Å². The lowest BCUT2D eigenvalue weighted by Gasteiger charge is -2.18. The number of hydrogen-bond donors (Lipinski definition) is 1. The Hall–Kier alpha value is -1.23. The van der Waals surface area contributed by atoms with Crippen molar-refractivity contribution in [2.75, 3.05) is 11.5 Å². The van der Waals surface area contributed by atoms with E-state index in [1.807, 2.05) is 11.8 Å². The molecular weight excluding hydrogens is 246 g/mol. The molecule has 4 nitrogen and oxygen atoms in total. The van der Waals surface area contributed by atoms with Gasteiger partial charge in [-0.3, -0.25) is 4.57 Å². The van der Waals surface area contributed by atoms with Crippen LogP contribution >= 0.6 is 11.8 Å². The first-order valence-corrected chi connectivity index (χ1v) is 7.34. The summed E-state index contributed by atoms with van der Waals surface area (Å²) in [6, 6.07) is 1.68. The third-order valence-corrected chi connectivity index (χ3v) is 4.51. The Morgan fingerprint density at radius 1 is 1.44 bits per heavy atom. The van der Waals surface area contributed by atoms with E-state index < -0.39 is 0 Å². The number of anilines is 1. The molecule has 1 saturated heterocycles. The van der Waals surface area contributed by atoms with Crippen molar-refractivity contribution in [3.05, 3.63) is 34.9 Å². The van der Waals surface area contributed by atoms with E-state index in [2.05, 4.69) is 11.6 Å². The minimum Gasteiger partial charge on any atom is -0.383 e. The third kappa shape index (κ3) is 3.38. The van der Waals surface area contributed by atoms with Crippen LogP contribution in [-0.2, 0) is 0 Å². The zero-order valence-corrected chi connectivity index (χ0v) is 11.3. The lowest BCUT2D eigenvalue weighted by molar-refractivity contribution is 0.587. The Bertz CT molecular complexity index is 483. The number of hydrogen-bond acceptors (Lipinski definition) is 4. The summed E-state index contributed by atoms with van der Waals surface area (Å²) >= 11 is 1.83. The van der Waals surface area contributed by atoms with Crippen LogP contribution in [0.1, 0.15) is 37.5 Å². The van der Waals surface area contributed by atoms with Gasteiger partial charge in [-0.15, -0.1) is 11.8 Å². The topological polar surface area (TPSA) is 60.9 Å². The van der Waals surface area contributed by atoms with Crippen molar-refractivity contribution in [3.8, 4) is 0 Å². The second kappa shape index (κ2) is 6.09. The van der Waals surface area contributed by atoms with Gasteiger partial charge in [0, 0.05) is 6.20 Å². The molecule has 1 aliphatic heterocycles. The molecule has 0 aliphatic carbocycles. The number of nitrogens with two attached hydrogens (primary N) is 1. The zero-order chi connectivity index (χ0) is 13.0. The predicted molar refractivity (Wildman–Crippen MR) is 76.6 cm³/mol. The number of allylic oxidation sites excluding steroid dienone is 1. The molecule has 2 heterocycles. The molecule has 0 saturated carbocycles. The van der Waals surface area contributed by atoms with E-state index in [-0.39, 0.29) is 16.9 Å². The van der Waals surface area contributed by atoms with E-state index in [9.17, 15) is 4.79 Å². The summed E-state index contributed by atoms with van der Waals surface area (Å²) in [6.45, 7) is 4.09. The quantitative estimate of drug-likeness (QED) is 0.793. The molecule has 1 aromatic heterocycles. The van der Waals surface area contributed by atoms with Crippen LogP contribution in [0.25, 0.3) is 0 Å². The summed E-state index contributed by atoms with van der Waals surface area (Å²) in [5.74, 6) is 1.36. The normalized spacial score (nSPS) is 22.0. The average Bonchev–Trinajstić information content (AvgIpc) is 2.42. The van der Waals surface area contributed by atoms with Crippen LogP contribution in [0.4, 0.5) is 5.82 Å². The van der Waals surface area contributed by atoms with E-state index in [1.54, 1.807) is 16.8 Å². The Kier molecular flexibility index (Phi) is 4.47. The van der Waals surface area contributed by atoms with Crippen molar-refractivity contribution in [1.82, 2.24) is 9.55 Å². The molecular formula is C13H19N3OS. The van der Waals surface area contributed by atoms with Crippen LogP contribution in [0.3, 0.4) is 0 Å². The summed E-state index contributed by atoms with van der Waals surface area (Å²) < 4.78 is 1.69. The molecule has 2 N–H and O–H groups in total. The Morgan fingerprint density at radius 2 is 2.28 bits per heavy atom. The van der Waals surface area contributed by atoms with Gasteiger partial charge in [0.05, 0.1) is 5.37 Å². The maximum Gasteiger partial charge on any atom is 0.350 e. The standard InChI is InChI=1S/C13H19N3OS/c1-10-4-2-3-9-18-12(6-5-10)16-8-7-11(14)15-13(16)17/h7-8,12H,1-6,9H2,(H2,14,15,17). The number of aromatic nitrogens is 2. The summed E-state index contributed by atoms with van der Waals surface area (Å²) in [7, 11) is 0. The lowest BCUT2D eigenvalue weighted by atomic mass is 10.1. The smallest absolute Gasteiger partial charge is 0.350 e. The summed E-state index contributed by atoms with van der Waals surface area (Å²) in [5.41, 5.74) is 6.55. The van der Waals surface area contributed by atoms with Gasteiger partial charge in [-0.2, -0.15) is 4.98 Å². The first-order chi connectivity index (χ1) is 8.66. The van der Waals surface area contributed by atoms with Crippen molar-refractivity contribution in [3.63, 3.8) is 0 Å². The molecule has 98 valence electrons. The van der Waals surface area contributed by atoms with E-state index in [4.69, 9.17) is 5.73 Å². The molecule has 1 atom stereocenters. The van der Waals surface area contributed by atoms with Crippen molar-refractivity contribution < 1.29 is 0 Å². The minimum absolute atomic E-state index is 0.153. The molecule has 2 rings (SSSR count). The molecule has 5 heteroatoms. The van der Waals surface area contributed by atoms with Crippen LogP contribution in [0, 0.1) is 0 Å². The number of nitrogen functional groups attached to an aromatic ring is 1. The first-order valence-electron chi connectivity index (χ1n) is 6.30. The van der Waals surface area contributed by atoms with Gasteiger partial charge in [-0.1, -0.05) is 12.2 Å². The lowest BCUT2D eigenvalue weighted by Crippen LogP contribution is -2.26. The van der Waals surface area contributed by atoms with Gasteiger partial charge in [0.2, 0.25) is 0 Å². The highest BCUT2D eigenvalue weighted by Gasteiger charge is 2.15.